The minimum absolute atomic E-state index is 0.141. The molecule has 5 nitrogen and oxygen atoms in total. The molecular formula is C28H25N3O2S. The normalized spacial score (nSPS) is 11.1. The standard InChI is InChI=1S/C28H25N3O2S/c1-4-33-23-12-11-21-9-5-6-10-22(21)25(23)27(32)31(17-20-8-7-13-29-16-20)28-30-26-19(3)14-18(2)15-24(26)34-28/h5-16H,4,17H2,1-3H3. The number of anilines is 1. The van der Waals surface area contributed by atoms with E-state index in [0.29, 0.717) is 29.6 Å². The highest BCUT2D eigenvalue weighted by atomic mass is 32.1. The highest BCUT2D eigenvalue weighted by Crippen LogP contribution is 2.36. The van der Waals surface area contributed by atoms with Crippen LogP contribution in [0.5, 0.6) is 5.75 Å². The van der Waals surface area contributed by atoms with Crippen molar-refractivity contribution in [3.63, 3.8) is 0 Å². The van der Waals surface area contributed by atoms with E-state index in [0.717, 1.165) is 32.1 Å². The van der Waals surface area contributed by atoms with Crippen molar-refractivity contribution in [1.29, 1.82) is 0 Å². The molecule has 5 rings (SSSR count). The second kappa shape index (κ2) is 9.23. The molecule has 2 heterocycles. The molecule has 0 unspecified atom stereocenters. The average molecular weight is 468 g/mol. The molecule has 0 N–H and O–H groups in total. The Labute approximate surface area is 202 Å². The predicted octanol–water partition coefficient (Wildman–Crippen LogP) is 6.71. The molecule has 34 heavy (non-hydrogen) atoms. The van der Waals surface area contributed by atoms with Crippen molar-refractivity contribution in [2.45, 2.75) is 27.3 Å². The Morgan fingerprint density at radius 1 is 1.06 bits per heavy atom. The molecule has 0 fully saturated rings. The van der Waals surface area contributed by atoms with Gasteiger partial charge in [-0.1, -0.05) is 53.8 Å². The van der Waals surface area contributed by atoms with Gasteiger partial charge in [0.2, 0.25) is 0 Å². The Morgan fingerprint density at radius 3 is 2.71 bits per heavy atom. The maximum atomic E-state index is 14.3. The van der Waals surface area contributed by atoms with Gasteiger partial charge in [-0.05, 0) is 66.4 Å². The summed E-state index contributed by atoms with van der Waals surface area (Å²) in [5, 5.41) is 2.52. The lowest BCUT2D eigenvalue weighted by Crippen LogP contribution is -2.31. The number of rotatable bonds is 6. The van der Waals surface area contributed by atoms with E-state index < -0.39 is 0 Å². The SMILES string of the molecule is CCOc1ccc2ccccc2c1C(=O)N(Cc1cccnc1)c1nc2c(C)cc(C)cc2s1. The second-order valence-corrected chi connectivity index (χ2v) is 9.28. The van der Waals surface area contributed by atoms with Crippen molar-refractivity contribution in [2.75, 3.05) is 11.5 Å². The largest absolute Gasteiger partial charge is 0.493 e. The number of hydrogen-bond donors (Lipinski definition) is 0. The number of benzene rings is 3. The summed E-state index contributed by atoms with van der Waals surface area (Å²) in [6, 6.07) is 19.9. The van der Waals surface area contributed by atoms with Crippen molar-refractivity contribution in [3.05, 3.63) is 95.3 Å². The van der Waals surface area contributed by atoms with Crippen LogP contribution >= 0.6 is 11.3 Å². The molecule has 0 saturated carbocycles. The Morgan fingerprint density at radius 2 is 1.91 bits per heavy atom. The summed E-state index contributed by atoms with van der Waals surface area (Å²) in [4.78, 5) is 25.2. The number of fused-ring (bicyclic) bond motifs is 2. The molecule has 3 aromatic carbocycles. The molecule has 170 valence electrons. The van der Waals surface area contributed by atoms with Gasteiger partial charge in [0.05, 0.1) is 28.9 Å². The van der Waals surface area contributed by atoms with Crippen LogP contribution in [0.2, 0.25) is 0 Å². The lowest BCUT2D eigenvalue weighted by Gasteiger charge is -2.22. The number of nitrogens with zero attached hydrogens (tertiary/aromatic N) is 3. The third-order valence-corrected chi connectivity index (χ3v) is 6.79. The number of pyridine rings is 1. The molecule has 0 spiro atoms. The van der Waals surface area contributed by atoms with Crippen molar-refractivity contribution in [1.82, 2.24) is 9.97 Å². The minimum atomic E-state index is -0.141. The van der Waals surface area contributed by atoms with Crippen molar-refractivity contribution in [3.8, 4) is 5.75 Å². The third kappa shape index (κ3) is 4.13. The Hall–Kier alpha value is -3.77. The van der Waals surface area contributed by atoms with E-state index in [1.54, 1.807) is 17.3 Å². The summed E-state index contributed by atoms with van der Waals surface area (Å²) in [7, 11) is 0. The fourth-order valence-electron chi connectivity index (χ4n) is 4.26. The van der Waals surface area contributed by atoms with E-state index in [-0.39, 0.29) is 5.91 Å². The van der Waals surface area contributed by atoms with E-state index >= 15 is 0 Å². The van der Waals surface area contributed by atoms with Gasteiger partial charge >= 0.3 is 0 Å². The number of aryl methyl sites for hydroxylation is 2. The Bertz CT molecular complexity index is 1490. The van der Waals surface area contributed by atoms with Crippen LogP contribution in [0.3, 0.4) is 0 Å². The number of carbonyl (C=O) groups excluding carboxylic acids is 1. The van der Waals surface area contributed by atoms with Crippen LogP contribution in [-0.2, 0) is 6.54 Å². The zero-order valence-electron chi connectivity index (χ0n) is 19.4. The van der Waals surface area contributed by atoms with Gasteiger partial charge in [-0.15, -0.1) is 0 Å². The van der Waals surface area contributed by atoms with Gasteiger partial charge in [0.25, 0.3) is 5.91 Å². The first-order valence-corrected chi connectivity index (χ1v) is 12.1. The topological polar surface area (TPSA) is 55.3 Å². The van der Waals surface area contributed by atoms with E-state index in [1.165, 1.54) is 16.9 Å². The third-order valence-electron chi connectivity index (χ3n) is 5.76. The Kier molecular flexibility index (Phi) is 5.99. The smallest absolute Gasteiger partial charge is 0.264 e. The molecule has 0 aliphatic rings. The van der Waals surface area contributed by atoms with Crippen LogP contribution in [0.25, 0.3) is 21.0 Å². The highest BCUT2D eigenvalue weighted by molar-refractivity contribution is 7.22. The zero-order chi connectivity index (χ0) is 23.7. The van der Waals surface area contributed by atoms with Gasteiger partial charge in [-0.3, -0.25) is 14.7 Å². The first kappa shape index (κ1) is 22.0. The van der Waals surface area contributed by atoms with Crippen LogP contribution in [0, 0.1) is 13.8 Å². The van der Waals surface area contributed by atoms with Gasteiger partial charge in [-0.25, -0.2) is 4.98 Å². The molecule has 5 aromatic rings. The van der Waals surface area contributed by atoms with Crippen LogP contribution in [-0.4, -0.2) is 22.5 Å². The van der Waals surface area contributed by atoms with Crippen LogP contribution < -0.4 is 9.64 Å². The van der Waals surface area contributed by atoms with Crippen LogP contribution in [0.15, 0.2) is 73.1 Å². The van der Waals surface area contributed by atoms with E-state index in [1.807, 2.05) is 55.5 Å². The van der Waals surface area contributed by atoms with Crippen LogP contribution in [0.4, 0.5) is 5.13 Å². The van der Waals surface area contributed by atoms with Gasteiger partial charge < -0.3 is 4.74 Å². The molecule has 0 saturated heterocycles. The fourth-order valence-corrected chi connectivity index (χ4v) is 5.40. The number of carbonyl (C=O) groups is 1. The van der Waals surface area contributed by atoms with Crippen LogP contribution in [0.1, 0.15) is 34.0 Å². The molecular weight excluding hydrogens is 442 g/mol. The fraction of sp³-hybridized carbons (Fsp3) is 0.179. The lowest BCUT2D eigenvalue weighted by atomic mass is 10.0. The number of amides is 1. The summed E-state index contributed by atoms with van der Waals surface area (Å²) in [5.41, 5.74) is 4.69. The van der Waals surface area contributed by atoms with E-state index in [4.69, 9.17) is 9.72 Å². The summed E-state index contributed by atoms with van der Waals surface area (Å²) < 4.78 is 6.99. The second-order valence-electron chi connectivity index (χ2n) is 8.27. The summed E-state index contributed by atoms with van der Waals surface area (Å²) in [6.45, 7) is 6.90. The number of ether oxygens (including phenoxy) is 1. The van der Waals surface area contributed by atoms with E-state index in [9.17, 15) is 4.79 Å². The minimum Gasteiger partial charge on any atom is -0.493 e. The molecule has 0 atom stereocenters. The van der Waals surface area contributed by atoms with Crippen molar-refractivity contribution >= 4 is 43.4 Å². The quantitative estimate of drug-likeness (QED) is 0.279. The summed E-state index contributed by atoms with van der Waals surface area (Å²) in [5.74, 6) is 0.438. The van der Waals surface area contributed by atoms with Gasteiger partial charge in [0, 0.05) is 12.4 Å². The van der Waals surface area contributed by atoms with E-state index in [2.05, 4.69) is 31.0 Å². The van der Waals surface area contributed by atoms with Gasteiger partial charge in [0.15, 0.2) is 5.13 Å². The molecule has 2 aromatic heterocycles. The number of aromatic nitrogens is 2. The summed E-state index contributed by atoms with van der Waals surface area (Å²) >= 11 is 1.53. The molecule has 0 aliphatic carbocycles. The van der Waals surface area contributed by atoms with Gasteiger partial charge in [0.1, 0.15) is 5.75 Å². The molecule has 1 amide bonds. The zero-order valence-corrected chi connectivity index (χ0v) is 20.2. The molecule has 6 heteroatoms. The first-order chi connectivity index (χ1) is 16.5. The summed E-state index contributed by atoms with van der Waals surface area (Å²) in [6.07, 6.45) is 3.52. The van der Waals surface area contributed by atoms with Gasteiger partial charge in [-0.2, -0.15) is 0 Å². The first-order valence-electron chi connectivity index (χ1n) is 11.3. The Balaban J connectivity index is 1.69. The molecule has 0 aliphatic heterocycles. The molecule has 0 radical (unpaired) electrons. The monoisotopic (exact) mass is 467 g/mol. The average Bonchev–Trinajstić information content (AvgIpc) is 3.27. The predicted molar refractivity (Wildman–Crippen MR) is 139 cm³/mol. The maximum Gasteiger partial charge on any atom is 0.264 e. The number of hydrogen-bond acceptors (Lipinski definition) is 5. The molecule has 0 bridgehead atoms. The van der Waals surface area contributed by atoms with Crippen molar-refractivity contribution in [2.24, 2.45) is 0 Å². The maximum absolute atomic E-state index is 14.3. The number of thiazole rings is 1. The van der Waals surface area contributed by atoms with Crippen molar-refractivity contribution < 1.29 is 9.53 Å². The highest BCUT2D eigenvalue weighted by Gasteiger charge is 2.27. The lowest BCUT2D eigenvalue weighted by molar-refractivity contribution is 0.0983.